The number of quaternary nitrogens is 1. The maximum absolute atomic E-state index is 6.28. The first kappa shape index (κ1) is 24.4. The number of likely N-dealkylation sites (N-methyl/N-ethyl adjacent to an activating group) is 1. The molecule has 6 rings (SSSR count). The highest BCUT2D eigenvalue weighted by Crippen LogP contribution is 2.47. The lowest BCUT2D eigenvalue weighted by atomic mass is 9.87. The predicted octanol–water partition coefficient (Wildman–Crippen LogP) is 4.37. The largest absolute Gasteiger partial charge is 0.383 e. The van der Waals surface area contributed by atoms with Gasteiger partial charge in [0.2, 0.25) is 0 Å². The standard InChI is InChI=1S/C27H36N9S/c1-3-19-17-37-27(32-19)33-20-4-8-22(9-5-20)36(26-24(16-31-36)25(28)29-18-30-26)23-10-6-21(7-11-23)35-14-12-34(2)13-15-35/h4-5,8-9,16-18,21,23H,3,6-7,10-15H2,1-2H3,(H,32,33)(H2,28,29,30)/q+1. The molecule has 1 saturated carbocycles. The fourth-order valence-electron chi connectivity index (χ4n) is 6.07. The molecule has 2 aliphatic heterocycles. The normalized spacial score (nSPS) is 26.3. The number of rotatable bonds is 6. The zero-order valence-electron chi connectivity index (χ0n) is 21.7. The van der Waals surface area contributed by atoms with Crippen molar-refractivity contribution in [3.8, 4) is 0 Å². The monoisotopic (exact) mass is 518 g/mol. The molecule has 194 valence electrons. The van der Waals surface area contributed by atoms with E-state index in [2.05, 4.69) is 68.7 Å². The second kappa shape index (κ2) is 10.1. The Labute approximate surface area is 222 Å². The van der Waals surface area contributed by atoms with Crippen LogP contribution in [0.3, 0.4) is 0 Å². The van der Waals surface area contributed by atoms with E-state index in [0.717, 1.165) is 65.9 Å². The topological polar surface area (TPSA) is 95.6 Å². The summed E-state index contributed by atoms with van der Waals surface area (Å²) in [5, 5.41) is 11.6. The summed E-state index contributed by atoms with van der Waals surface area (Å²) in [6.07, 6.45) is 8.96. The number of hydrogen-bond donors (Lipinski definition) is 2. The highest BCUT2D eigenvalue weighted by Gasteiger charge is 2.50. The summed E-state index contributed by atoms with van der Waals surface area (Å²) in [7, 11) is 2.22. The molecule has 0 spiro atoms. The van der Waals surface area contributed by atoms with Gasteiger partial charge in [0.1, 0.15) is 30.0 Å². The molecule has 3 N–H and O–H groups in total. The molecule has 1 unspecified atom stereocenters. The molecule has 0 amide bonds. The fraction of sp³-hybridized carbons (Fsp3) is 0.481. The highest BCUT2D eigenvalue weighted by molar-refractivity contribution is 7.13. The van der Waals surface area contributed by atoms with E-state index in [1.54, 1.807) is 17.7 Å². The molecule has 3 aliphatic rings. The van der Waals surface area contributed by atoms with Gasteiger partial charge < -0.3 is 16.0 Å². The van der Waals surface area contributed by atoms with Crippen LogP contribution in [0.4, 0.5) is 28.1 Å². The van der Waals surface area contributed by atoms with Crippen molar-refractivity contribution in [3.05, 3.63) is 47.2 Å². The van der Waals surface area contributed by atoms with E-state index >= 15 is 0 Å². The number of nitrogens with two attached hydrogens (primary N) is 1. The molecule has 1 aliphatic carbocycles. The molecule has 9 nitrogen and oxygen atoms in total. The minimum Gasteiger partial charge on any atom is -0.383 e. The van der Waals surface area contributed by atoms with Gasteiger partial charge in [-0.2, -0.15) is 4.98 Å². The van der Waals surface area contributed by atoms with Crippen molar-refractivity contribution >= 4 is 45.7 Å². The number of nitrogen functional groups attached to an aromatic ring is 1. The van der Waals surface area contributed by atoms with Crippen LogP contribution in [-0.2, 0) is 6.42 Å². The average Bonchev–Trinajstić information content (AvgIpc) is 3.56. The van der Waals surface area contributed by atoms with Crippen LogP contribution in [0.2, 0.25) is 0 Å². The molecular formula is C27H36N9S+. The minimum atomic E-state index is 0.306. The first-order valence-electron chi connectivity index (χ1n) is 13.4. The molecule has 2 fully saturated rings. The van der Waals surface area contributed by atoms with Gasteiger partial charge in [-0.15, -0.1) is 15.9 Å². The van der Waals surface area contributed by atoms with Gasteiger partial charge in [-0.05, 0) is 38.4 Å². The quantitative estimate of drug-likeness (QED) is 0.468. The Morgan fingerprint density at radius 1 is 1.05 bits per heavy atom. The summed E-state index contributed by atoms with van der Waals surface area (Å²) in [6, 6.07) is 9.55. The van der Waals surface area contributed by atoms with Gasteiger partial charge in [-0.25, -0.2) is 9.97 Å². The molecule has 10 heteroatoms. The summed E-state index contributed by atoms with van der Waals surface area (Å²) < 4.78 is 0.370. The van der Waals surface area contributed by atoms with Crippen molar-refractivity contribution in [2.24, 2.45) is 5.10 Å². The van der Waals surface area contributed by atoms with Crippen molar-refractivity contribution < 1.29 is 0 Å². The molecule has 4 heterocycles. The molecule has 1 atom stereocenters. The number of piperazine rings is 1. The Kier molecular flexibility index (Phi) is 6.66. The van der Waals surface area contributed by atoms with Crippen LogP contribution >= 0.6 is 11.3 Å². The van der Waals surface area contributed by atoms with E-state index in [0.29, 0.717) is 22.5 Å². The molecule has 0 radical (unpaired) electrons. The Hall–Kier alpha value is -2.92. The summed E-state index contributed by atoms with van der Waals surface area (Å²) in [6.45, 7) is 6.79. The van der Waals surface area contributed by atoms with Crippen LogP contribution in [0.15, 0.2) is 41.1 Å². The molecule has 37 heavy (non-hydrogen) atoms. The Bertz CT molecular complexity index is 1260. The number of nitrogens with zero attached hydrogens (tertiary/aromatic N) is 7. The third-order valence-corrected chi connectivity index (χ3v) is 9.07. The Morgan fingerprint density at radius 2 is 1.81 bits per heavy atom. The maximum Gasteiger partial charge on any atom is 0.274 e. The lowest BCUT2D eigenvalue weighted by molar-refractivity contribution is 0.0752. The minimum absolute atomic E-state index is 0.306. The number of aryl methyl sites for hydroxylation is 1. The molecule has 0 bridgehead atoms. The lowest BCUT2D eigenvalue weighted by Gasteiger charge is -2.43. The highest BCUT2D eigenvalue weighted by atomic mass is 32.1. The fourth-order valence-corrected chi connectivity index (χ4v) is 6.89. The van der Waals surface area contributed by atoms with E-state index in [1.807, 2.05) is 6.21 Å². The van der Waals surface area contributed by atoms with Crippen molar-refractivity contribution in [1.29, 1.82) is 0 Å². The van der Waals surface area contributed by atoms with Gasteiger partial charge in [0.05, 0.1) is 5.69 Å². The Balaban J connectivity index is 1.27. The van der Waals surface area contributed by atoms with Crippen molar-refractivity contribution in [3.63, 3.8) is 0 Å². The average molecular weight is 519 g/mol. The lowest BCUT2D eigenvalue weighted by Crippen LogP contribution is -2.54. The number of fused-ring (bicyclic) bond motifs is 1. The first-order valence-corrected chi connectivity index (χ1v) is 14.2. The van der Waals surface area contributed by atoms with Crippen molar-refractivity contribution in [1.82, 2.24) is 29.3 Å². The van der Waals surface area contributed by atoms with E-state index in [4.69, 9.17) is 15.8 Å². The Morgan fingerprint density at radius 3 is 2.51 bits per heavy atom. The smallest absolute Gasteiger partial charge is 0.274 e. The van der Waals surface area contributed by atoms with Crippen LogP contribution in [0.1, 0.15) is 43.9 Å². The maximum atomic E-state index is 6.28. The van der Waals surface area contributed by atoms with Gasteiger partial charge in [0.15, 0.2) is 10.8 Å². The van der Waals surface area contributed by atoms with Gasteiger partial charge in [0, 0.05) is 68.3 Å². The predicted molar refractivity (Wildman–Crippen MR) is 152 cm³/mol. The zero-order chi connectivity index (χ0) is 25.4. The zero-order valence-corrected chi connectivity index (χ0v) is 22.5. The number of benzene rings is 1. The van der Waals surface area contributed by atoms with E-state index in [1.165, 1.54) is 25.9 Å². The number of hydrogen-bond acceptors (Lipinski definition) is 9. The van der Waals surface area contributed by atoms with E-state index in [9.17, 15) is 0 Å². The molecular weight excluding hydrogens is 482 g/mol. The van der Waals surface area contributed by atoms with Gasteiger partial charge in [-0.3, -0.25) is 4.90 Å². The number of aromatic nitrogens is 3. The number of anilines is 3. The first-order chi connectivity index (χ1) is 18.1. The van der Waals surface area contributed by atoms with Gasteiger partial charge in [-0.1, -0.05) is 12.0 Å². The van der Waals surface area contributed by atoms with E-state index in [-0.39, 0.29) is 0 Å². The summed E-state index contributed by atoms with van der Waals surface area (Å²) in [5.41, 5.74) is 10.4. The molecule has 2 aromatic heterocycles. The third kappa shape index (κ3) is 4.52. The van der Waals surface area contributed by atoms with Crippen LogP contribution in [-0.4, -0.2) is 76.3 Å². The van der Waals surface area contributed by atoms with Gasteiger partial charge >= 0.3 is 0 Å². The molecule has 3 aromatic rings. The van der Waals surface area contributed by atoms with Gasteiger partial charge in [0.25, 0.3) is 5.82 Å². The summed E-state index contributed by atoms with van der Waals surface area (Å²) in [4.78, 5) is 18.8. The number of thiazole rings is 1. The van der Waals surface area contributed by atoms with Crippen LogP contribution in [0.5, 0.6) is 0 Å². The molecule has 1 saturated heterocycles. The van der Waals surface area contributed by atoms with Crippen LogP contribution < -0.4 is 15.6 Å². The second-order valence-electron chi connectivity index (χ2n) is 10.4. The molecule has 1 aromatic carbocycles. The van der Waals surface area contributed by atoms with E-state index < -0.39 is 0 Å². The van der Waals surface area contributed by atoms with Crippen LogP contribution in [0.25, 0.3) is 0 Å². The van der Waals surface area contributed by atoms with Crippen molar-refractivity contribution in [2.45, 2.75) is 51.1 Å². The van der Waals surface area contributed by atoms with Crippen molar-refractivity contribution in [2.75, 3.05) is 44.3 Å². The van der Waals surface area contributed by atoms with Crippen LogP contribution in [0, 0.1) is 0 Å². The SMILES string of the molecule is CCc1csc(Nc2ccc([N+]3(C4CCC(N5CCN(C)CC5)CC4)N=Cc4c(N)ncnc43)cc2)n1. The second-order valence-corrected chi connectivity index (χ2v) is 11.3. The number of nitrogens with one attached hydrogen (secondary N) is 1. The summed E-state index contributed by atoms with van der Waals surface area (Å²) in [5.74, 6) is 1.39. The summed E-state index contributed by atoms with van der Waals surface area (Å²) >= 11 is 1.64. The third-order valence-electron chi connectivity index (χ3n) is 8.26.